The molecule has 1 aromatic rings. The molecule has 0 N–H and O–H groups in total. The van der Waals surface area contributed by atoms with Crippen molar-refractivity contribution in [2.45, 2.75) is 5.79 Å². The lowest BCUT2D eigenvalue weighted by atomic mass is 10.2. The summed E-state index contributed by atoms with van der Waals surface area (Å²) < 4.78 is 29.4. The lowest BCUT2D eigenvalue weighted by Gasteiger charge is -2.27. The highest BCUT2D eigenvalue weighted by Gasteiger charge is 2.49. The van der Waals surface area contributed by atoms with Crippen molar-refractivity contribution in [3.63, 3.8) is 0 Å². The van der Waals surface area contributed by atoms with Crippen molar-refractivity contribution in [3.05, 3.63) is 35.9 Å². The summed E-state index contributed by atoms with van der Waals surface area (Å²) in [5, 5.41) is 0. The molecular weight excluding hydrogens is 215 g/mol. The third kappa shape index (κ3) is 2.43. The van der Waals surface area contributed by atoms with Crippen LogP contribution in [-0.4, -0.2) is 30.1 Å². The highest BCUT2D eigenvalue weighted by Crippen LogP contribution is 2.29. The van der Waals surface area contributed by atoms with Gasteiger partial charge in [0, 0.05) is 21.3 Å². The second-order valence-corrected chi connectivity index (χ2v) is 5.93. The van der Waals surface area contributed by atoms with Crippen molar-refractivity contribution in [2.24, 2.45) is 0 Å². The van der Waals surface area contributed by atoms with Gasteiger partial charge in [-0.3, -0.25) is 0 Å². The molecule has 3 nitrogen and oxygen atoms in total. The lowest BCUT2D eigenvalue weighted by Crippen LogP contribution is -2.47. The molecule has 5 heteroatoms. The fourth-order valence-corrected chi connectivity index (χ4v) is 3.11. The number of rotatable bonds is 5. The Bertz CT molecular complexity index is 282. The van der Waals surface area contributed by atoms with Crippen molar-refractivity contribution in [1.82, 2.24) is 0 Å². The Balaban J connectivity index is 2.95. The molecule has 0 aliphatic carbocycles. The first kappa shape index (κ1) is 12.3. The molecule has 0 spiro atoms. The second-order valence-electron chi connectivity index (χ2n) is 2.99. The number of alkyl halides is 1. The van der Waals surface area contributed by atoms with Gasteiger partial charge in [0.15, 0.2) is 5.79 Å². The Hall–Kier alpha value is -0.753. The van der Waals surface area contributed by atoms with E-state index in [1.165, 1.54) is 21.3 Å². The predicted molar refractivity (Wildman–Crippen MR) is 57.1 cm³/mol. The summed E-state index contributed by atoms with van der Waals surface area (Å²) in [6.45, 7) is 0. The minimum Gasteiger partial charge on any atom is -0.375 e. The van der Waals surface area contributed by atoms with Gasteiger partial charge in [0.05, 0.1) is 0 Å². The van der Waals surface area contributed by atoms with E-state index in [1.54, 1.807) is 24.3 Å². The van der Waals surface area contributed by atoms with Crippen LogP contribution in [0.25, 0.3) is 0 Å². The summed E-state index contributed by atoms with van der Waals surface area (Å²) in [7, 11) is 0.964. The molecule has 0 radical (unpaired) electrons. The maximum Gasteiger partial charge on any atom is 0.541 e. The van der Waals surface area contributed by atoms with E-state index in [-0.39, 0.29) is 0 Å². The molecule has 0 saturated carbocycles. The molecule has 1 aromatic carbocycles. The average Bonchev–Trinajstić information content (AvgIpc) is 2.33. The smallest absolute Gasteiger partial charge is 0.375 e. The molecule has 0 fully saturated rings. The van der Waals surface area contributed by atoms with Crippen LogP contribution >= 0.6 is 0 Å². The molecule has 0 aliphatic heterocycles. The maximum atomic E-state index is 14.1. The van der Waals surface area contributed by atoms with Gasteiger partial charge in [0.2, 0.25) is 0 Å². The summed E-state index contributed by atoms with van der Waals surface area (Å²) in [4.78, 5) is 0. The molecule has 1 unspecified atom stereocenters. The van der Waals surface area contributed by atoms with Crippen LogP contribution in [-0.2, 0) is 13.3 Å². The second kappa shape index (κ2) is 5.36. The molecular formula is C10H15FO3Si. The minimum atomic E-state index is -3.23. The van der Waals surface area contributed by atoms with Crippen LogP contribution in [0.3, 0.4) is 0 Å². The topological polar surface area (TPSA) is 27.7 Å². The van der Waals surface area contributed by atoms with Gasteiger partial charge in [-0.2, -0.15) is 0 Å². The summed E-state index contributed by atoms with van der Waals surface area (Å²) in [6.07, 6.45) is 0. The van der Waals surface area contributed by atoms with Crippen LogP contribution in [0, 0.1) is 0 Å². The summed E-state index contributed by atoms with van der Waals surface area (Å²) in [6, 6.07) is 8.73. The number of hydrogen-bond acceptors (Lipinski definition) is 3. The van der Waals surface area contributed by atoms with Crippen LogP contribution in [0.15, 0.2) is 30.3 Å². The zero-order chi connectivity index (χ0) is 11.3. The average molecular weight is 230 g/mol. The van der Waals surface area contributed by atoms with Gasteiger partial charge in [-0.05, 0) is 5.56 Å². The van der Waals surface area contributed by atoms with Crippen molar-refractivity contribution in [2.75, 3.05) is 21.3 Å². The first-order valence-corrected chi connectivity index (χ1v) is 6.35. The zero-order valence-corrected chi connectivity index (χ0v) is 10.1. The lowest BCUT2D eigenvalue weighted by molar-refractivity contribution is 0.0883. The summed E-state index contributed by atoms with van der Waals surface area (Å²) >= 11 is 0. The third-order valence-electron chi connectivity index (χ3n) is 2.26. The van der Waals surface area contributed by atoms with Gasteiger partial charge in [-0.15, -0.1) is 0 Å². The highest BCUT2D eigenvalue weighted by molar-refractivity contribution is 6.61. The maximum absolute atomic E-state index is 14.1. The largest absolute Gasteiger partial charge is 0.541 e. The molecule has 0 heterocycles. The van der Waals surface area contributed by atoms with Gasteiger partial charge < -0.3 is 13.3 Å². The van der Waals surface area contributed by atoms with E-state index in [9.17, 15) is 4.39 Å². The fraction of sp³-hybridized carbons (Fsp3) is 0.400. The molecule has 0 aromatic heterocycles. The zero-order valence-electron chi connectivity index (χ0n) is 9.07. The van der Waals surface area contributed by atoms with Gasteiger partial charge in [0.1, 0.15) is 0 Å². The molecule has 0 bridgehead atoms. The number of benzene rings is 1. The monoisotopic (exact) mass is 230 g/mol. The van der Waals surface area contributed by atoms with Crippen molar-refractivity contribution in [3.8, 4) is 0 Å². The van der Waals surface area contributed by atoms with Crippen LogP contribution in [0.1, 0.15) is 11.4 Å². The van der Waals surface area contributed by atoms with Gasteiger partial charge >= 0.3 is 8.80 Å². The first-order valence-electron chi connectivity index (χ1n) is 4.54. The molecule has 15 heavy (non-hydrogen) atoms. The van der Waals surface area contributed by atoms with E-state index in [2.05, 4.69) is 0 Å². The Morgan fingerprint density at radius 3 is 1.87 bits per heavy atom. The minimum absolute atomic E-state index is 0.509. The number of hydrogen-bond donors (Lipinski definition) is 0. The molecule has 1 rings (SSSR count). The van der Waals surface area contributed by atoms with Crippen LogP contribution in [0.2, 0.25) is 0 Å². The SMILES string of the molecule is CO[Si](OC)(OC)C(F)c1ccccc1. The van der Waals surface area contributed by atoms with Gasteiger partial charge in [-0.1, -0.05) is 30.3 Å². The van der Waals surface area contributed by atoms with E-state index in [0.717, 1.165) is 0 Å². The Morgan fingerprint density at radius 2 is 1.47 bits per heavy atom. The molecule has 84 valence electrons. The quantitative estimate of drug-likeness (QED) is 0.725. The highest BCUT2D eigenvalue weighted by atomic mass is 28.4. The fourth-order valence-electron chi connectivity index (χ4n) is 1.39. The Morgan fingerprint density at radius 1 is 1.00 bits per heavy atom. The Kier molecular flexibility index (Phi) is 4.40. The van der Waals surface area contributed by atoms with E-state index < -0.39 is 14.6 Å². The molecule has 0 amide bonds. The van der Waals surface area contributed by atoms with Crippen molar-refractivity contribution in [1.29, 1.82) is 0 Å². The predicted octanol–water partition coefficient (Wildman–Crippen LogP) is 2.11. The third-order valence-corrected chi connectivity index (χ3v) is 4.92. The van der Waals surface area contributed by atoms with E-state index >= 15 is 0 Å². The summed E-state index contributed by atoms with van der Waals surface area (Å²) in [5.41, 5.74) is 0.509. The molecule has 0 aliphatic rings. The Labute approximate surface area is 90.1 Å². The standard InChI is InChI=1S/C10H15FO3Si/c1-12-15(13-2,14-3)10(11)9-7-5-4-6-8-9/h4-8,10H,1-3H3. The first-order chi connectivity index (χ1) is 7.20. The van der Waals surface area contributed by atoms with Crippen LogP contribution in [0.4, 0.5) is 4.39 Å². The summed E-state index contributed by atoms with van der Waals surface area (Å²) in [5.74, 6) is -1.36. The number of halogens is 1. The van der Waals surface area contributed by atoms with Gasteiger partial charge in [0.25, 0.3) is 0 Å². The van der Waals surface area contributed by atoms with Crippen molar-refractivity contribution >= 4 is 8.80 Å². The van der Waals surface area contributed by atoms with E-state index in [1.807, 2.05) is 6.07 Å². The van der Waals surface area contributed by atoms with Crippen LogP contribution < -0.4 is 0 Å². The normalized spacial score (nSPS) is 13.9. The van der Waals surface area contributed by atoms with E-state index in [0.29, 0.717) is 5.56 Å². The van der Waals surface area contributed by atoms with Crippen molar-refractivity contribution < 1.29 is 17.7 Å². The van der Waals surface area contributed by atoms with E-state index in [4.69, 9.17) is 13.3 Å². The van der Waals surface area contributed by atoms with Gasteiger partial charge in [-0.25, -0.2) is 4.39 Å². The molecule has 0 saturated heterocycles. The molecule has 1 atom stereocenters. The van der Waals surface area contributed by atoms with Crippen LogP contribution in [0.5, 0.6) is 0 Å².